The van der Waals surface area contributed by atoms with Crippen LogP contribution < -0.4 is 25.8 Å². The van der Waals surface area contributed by atoms with Crippen molar-refractivity contribution in [2.75, 3.05) is 12.1 Å². The summed E-state index contributed by atoms with van der Waals surface area (Å²) in [6, 6.07) is 4.92. The van der Waals surface area contributed by atoms with E-state index in [4.69, 9.17) is 27.4 Å². The van der Waals surface area contributed by atoms with Crippen molar-refractivity contribution in [2.45, 2.75) is 40.0 Å². The number of anilines is 1. The number of carbonyl (C=O) groups is 2. The van der Waals surface area contributed by atoms with Crippen LogP contribution in [0.5, 0.6) is 11.5 Å². The first kappa shape index (κ1) is 21.6. The summed E-state index contributed by atoms with van der Waals surface area (Å²) in [5, 5.41) is 6.37. The van der Waals surface area contributed by atoms with Crippen LogP contribution in [0.2, 0.25) is 0 Å². The monoisotopic (exact) mass is 459 g/mol. The number of ether oxygens (including phenoxy) is 2. The van der Waals surface area contributed by atoms with E-state index in [9.17, 15) is 9.59 Å². The number of rotatable bonds is 3. The molecule has 7 nitrogen and oxygen atoms in total. The van der Waals surface area contributed by atoms with Gasteiger partial charge in [-0.2, -0.15) is 0 Å². The standard InChI is InChI=1S/C22H25N3O4S2/c1-22(2,3)12-5-6-13-16(9-12)31-20(17(13)18(23)26)25-21(30)24-19(27)11-4-7-14-15(8-11)29-10-28-14/h4,7-8,12H,5-6,9-10H2,1-3H3,(H2,23,26)(H2,24,25,27,30)/t12-/m1/s1. The third-order valence-corrected chi connectivity index (χ3v) is 7.20. The third kappa shape index (κ3) is 4.38. The molecular weight excluding hydrogens is 434 g/mol. The molecule has 1 aromatic heterocycles. The zero-order chi connectivity index (χ0) is 22.3. The summed E-state index contributed by atoms with van der Waals surface area (Å²) in [4.78, 5) is 25.9. The smallest absolute Gasteiger partial charge is 0.257 e. The van der Waals surface area contributed by atoms with E-state index in [2.05, 4.69) is 31.4 Å². The third-order valence-electron chi connectivity index (χ3n) is 5.83. The number of thiophene rings is 1. The van der Waals surface area contributed by atoms with Crippen molar-refractivity contribution in [3.8, 4) is 11.5 Å². The maximum atomic E-state index is 12.6. The van der Waals surface area contributed by atoms with Gasteiger partial charge in [-0.3, -0.25) is 14.9 Å². The van der Waals surface area contributed by atoms with Gasteiger partial charge in [-0.05, 0) is 66.6 Å². The van der Waals surface area contributed by atoms with Gasteiger partial charge >= 0.3 is 0 Å². The van der Waals surface area contributed by atoms with Gasteiger partial charge < -0.3 is 20.5 Å². The molecule has 0 saturated heterocycles. The molecule has 0 unspecified atom stereocenters. The number of carbonyl (C=O) groups excluding carboxylic acids is 2. The van der Waals surface area contributed by atoms with Crippen LogP contribution in [0.15, 0.2) is 18.2 Å². The predicted octanol–water partition coefficient (Wildman–Crippen LogP) is 3.85. The second kappa shape index (κ2) is 8.12. The van der Waals surface area contributed by atoms with Crippen LogP contribution in [0.4, 0.5) is 5.00 Å². The van der Waals surface area contributed by atoms with Crippen molar-refractivity contribution in [2.24, 2.45) is 17.1 Å². The number of thiocarbonyl (C=S) groups is 1. The molecule has 2 amide bonds. The SMILES string of the molecule is CC(C)(C)[C@@H]1CCc2c(sc(NC(=S)NC(=O)c3ccc4c(c3)OCO4)c2C(N)=O)C1. The second-order valence-electron chi connectivity index (χ2n) is 8.85. The van der Waals surface area contributed by atoms with Crippen LogP contribution in [0.1, 0.15) is 58.3 Å². The maximum absolute atomic E-state index is 12.6. The van der Waals surface area contributed by atoms with Crippen LogP contribution in [-0.2, 0) is 12.8 Å². The highest BCUT2D eigenvalue weighted by molar-refractivity contribution is 7.80. The summed E-state index contributed by atoms with van der Waals surface area (Å²) in [7, 11) is 0. The molecule has 1 aliphatic carbocycles. The minimum absolute atomic E-state index is 0.108. The van der Waals surface area contributed by atoms with Crippen LogP contribution in [-0.4, -0.2) is 23.7 Å². The minimum Gasteiger partial charge on any atom is -0.454 e. The molecule has 4 N–H and O–H groups in total. The van der Waals surface area contributed by atoms with Crippen molar-refractivity contribution >= 4 is 45.5 Å². The highest BCUT2D eigenvalue weighted by Gasteiger charge is 2.33. The van der Waals surface area contributed by atoms with Gasteiger partial charge in [0.15, 0.2) is 16.6 Å². The van der Waals surface area contributed by atoms with Crippen molar-refractivity contribution in [3.05, 3.63) is 39.8 Å². The fourth-order valence-electron chi connectivity index (χ4n) is 4.02. The fourth-order valence-corrected chi connectivity index (χ4v) is 5.62. The molecule has 1 atom stereocenters. The molecule has 4 rings (SSSR count). The number of benzene rings is 1. The highest BCUT2D eigenvalue weighted by Crippen LogP contribution is 2.44. The molecule has 0 fully saturated rings. The highest BCUT2D eigenvalue weighted by atomic mass is 32.1. The van der Waals surface area contributed by atoms with E-state index in [1.54, 1.807) is 18.2 Å². The summed E-state index contributed by atoms with van der Waals surface area (Å²) >= 11 is 6.83. The Hall–Kier alpha value is -2.65. The van der Waals surface area contributed by atoms with Gasteiger partial charge in [-0.1, -0.05) is 20.8 Å². The van der Waals surface area contributed by atoms with Crippen LogP contribution in [0, 0.1) is 11.3 Å². The normalized spacial score (nSPS) is 17.1. The summed E-state index contributed by atoms with van der Waals surface area (Å²) in [6.45, 7) is 6.86. The predicted molar refractivity (Wildman–Crippen MR) is 124 cm³/mol. The van der Waals surface area contributed by atoms with Crippen molar-refractivity contribution in [1.29, 1.82) is 0 Å². The summed E-state index contributed by atoms with van der Waals surface area (Å²) in [5.74, 6) is 0.775. The average molecular weight is 460 g/mol. The molecule has 2 heterocycles. The largest absolute Gasteiger partial charge is 0.454 e. The van der Waals surface area contributed by atoms with Crippen molar-refractivity contribution in [3.63, 3.8) is 0 Å². The first-order valence-electron chi connectivity index (χ1n) is 10.1. The first-order chi connectivity index (χ1) is 14.6. The summed E-state index contributed by atoms with van der Waals surface area (Å²) < 4.78 is 10.6. The number of primary amides is 1. The van der Waals surface area contributed by atoms with Crippen LogP contribution in [0.25, 0.3) is 0 Å². The van der Waals surface area contributed by atoms with Gasteiger partial charge in [0.25, 0.3) is 11.8 Å². The molecule has 0 bridgehead atoms. The number of amides is 2. The molecule has 9 heteroatoms. The van der Waals surface area contributed by atoms with Gasteiger partial charge in [-0.15, -0.1) is 11.3 Å². The second-order valence-corrected chi connectivity index (χ2v) is 10.4. The van der Waals surface area contributed by atoms with Crippen molar-refractivity contribution < 1.29 is 19.1 Å². The quantitative estimate of drug-likeness (QED) is 0.603. The maximum Gasteiger partial charge on any atom is 0.257 e. The Morgan fingerprint density at radius 3 is 2.68 bits per heavy atom. The molecule has 1 aromatic carbocycles. The lowest BCUT2D eigenvalue weighted by molar-refractivity contribution is 0.0975. The van der Waals surface area contributed by atoms with Crippen molar-refractivity contribution in [1.82, 2.24) is 5.32 Å². The fraction of sp³-hybridized carbons (Fsp3) is 0.409. The summed E-state index contributed by atoms with van der Waals surface area (Å²) in [6.07, 6.45) is 2.73. The van der Waals surface area contributed by atoms with E-state index in [1.807, 2.05) is 0 Å². The Kier molecular flexibility index (Phi) is 5.65. The average Bonchev–Trinajstić information content (AvgIpc) is 3.29. The Labute approximate surface area is 190 Å². The molecular formula is C22H25N3O4S2. The van der Waals surface area contributed by atoms with Crippen LogP contribution >= 0.6 is 23.6 Å². The minimum atomic E-state index is -0.487. The van der Waals surface area contributed by atoms with Gasteiger partial charge in [0.1, 0.15) is 5.00 Å². The van der Waals surface area contributed by atoms with E-state index in [-0.39, 0.29) is 23.2 Å². The Balaban J connectivity index is 1.50. The zero-order valence-electron chi connectivity index (χ0n) is 17.7. The lowest BCUT2D eigenvalue weighted by atomic mass is 9.72. The van der Waals surface area contributed by atoms with Crippen LogP contribution in [0.3, 0.4) is 0 Å². The lowest BCUT2D eigenvalue weighted by Gasteiger charge is -2.33. The van der Waals surface area contributed by atoms with E-state index in [0.717, 1.165) is 29.7 Å². The molecule has 0 saturated carbocycles. The van der Waals surface area contributed by atoms with E-state index < -0.39 is 5.91 Å². The topological polar surface area (TPSA) is 103 Å². The summed E-state index contributed by atoms with van der Waals surface area (Å²) in [5.41, 5.74) is 7.76. The Morgan fingerprint density at radius 1 is 1.23 bits per heavy atom. The van der Waals surface area contributed by atoms with E-state index >= 15 is 0 Å². The lowest BCUT2D eigenvalue weighted by Crippen LogP contribution is -2.34. The Morgan fingerprint density at radius 2 is 1.97 bits per heavy atom. The van der Waals surface area contributed by atoms with E-state index in [0.29, 0.717) is 33.5 Å². The molecule has 31 heavy (non-hydrogen) atoms. The number of hydrogen-bond acceptors (Lipinski definition) is 6. The first-order valence-corrected chi connectivity index (χ1v) is 11.3. The molecule has 0 spiro atoms. The number of nitrogens with two attached hydrogens (primary N) is 1. The van der Waals surface area contributed by atoms with Gasteiger partial charge in [0, 0.05) is 10.4 Å². The number of hydrogen-bond donors (Lipinski definition) is 3. The zero-order valence-corrected chi connectivity index (χ0v) is 19.3. The number of fused-ring (bicyclic) bond motifs is 2. The molecule has 2 aliphatic rings. The molecule has 2 aromatic rings. The number of nitrogens with one attached hydrogen (secondary N) is 2. The van der Waals surface area contributed by atoms with E-state index in [1.165, 1.54) is 11.3 Å². The molecule has 0 radical (unpaired) electrons. The van der Waals surface area contributed by atoms with Gasteiger partial charge in [-0.25, -0.2) is 0 Å². The molecule has 1 aliphatic heterocycles. The van der Waals surface area contributed by atoms with Gasteiger partial charge in [0.05, 0.1) is 5.56 Å². The Bertz CT molecular complexity index is 1070. The molecule has 164 valence electrons. The van der Waals surface area contributed by atoms with Gasteiger partial charge in [0.2, 0.25) is 6.79 Å².